The lowest BCUT2D eigenvalue weighted by molar-refractivity contribution is -0.127. The molecule has 3 aromatic rings. The van der Waals surface area contributed by atoms with Gasteiger partial charge in [-0.05, 0) is 36.4 Å². The number of hydrogen-bond acceptors (Lipinski definition) is 5. The molecule has 0 bridgehead atoms. The molecule has 152 valence electrons. The quantitative estimate of drug-likeness (QED) is 0.430. The van der Waals surface area contributed by atoms with Crippen molar-refractivity contribution >= 4 is 45.2 Å². The molecule has 1 heterocycles. The first-order chi connectivity index (χ1) is 14.0. The van der Waals surface area contributed by atoms with Crippen LogP contribution in [0.4, 0.5) is 0 Å². The maximum Gasteiger partial charge on any atom is 0.232 e. The van der Waals surface area contributed by atoms with Gasteiger partial charge in [-0.1, -0.05) is 51.4 Å². The summed E-state index contributed by atoms with van der Waals surface area (Å²) in [6.07, 6.45) is 0. The largest absolute Gasteiger partial charge is 0.492 e. The van der Waals surface area contributed by atoms with Gasteiger partial charge in [0, 0.05) is 24.1 Å². The van der Waals surface area contributed by atoms with Crippen LogP contribution in [0.1, 0.15) is 0 Å². The second-order valence-corrected chi connectivity index (χ2v) is 8.52. The Balaban J connectivity index is 1.50. The fraction of sp³-hybridized carbons (Fsp3) is 0.250. The smallest absolute Gasteiger partial charge is 0.232 e. The van der Waals surface area contributed by atoms with Crippen molar-refractivity contribution in [3.8, 4) is 17.1 Å². The number of rotatable bonds is 8. The van der Waals surface area contributed by atoms with Gasteiger partial charge < -0.3 is 14.2 Å². The van der Waals surface area contributed by atoms with E-state index >= 15 is 0 Å². The Bertz CT molecular complexity index is 981. The van der Waals surface area contributed by atoms with Crippen molar-refractivity contribution in [2.24, 2.45) is 7.05 Å². The van der Waals surface area contributed by atoms with E-state index in [1.165, 1.54) is 11.8 Å². The predicted octanol–water partition coefficient (Wildman–Crippen LogP) is 4.53. The van der Waals surface area contributed by atoms with Crippen molar-refractivity contribution in [1.29, 1.82) is 0 Å². The first-order valence-corrected chi connectivity index (χ1v) is 11.0. The third-order valence-corrected chi connectivity index (χ3v) is 6.07. The van der Waals surface area contributed by atoms with Crippen LogP contribution in [0.2, 0.25) is 5.02 Å². The van der Waals surface area contributed by atoms with Gasteiger partial charge in [0.2, 0.25) is 5.91 Å². The molecule has 0 unspecified atom stereocenters. The molecule has 0 N–H and O–H groups in total. The number of nitrogens with zero attached hydrogens (tertiary/aromatic N) is 4. The number of likely N-dealkylation sites (N-methyl/N-ethyl adjacent to an activating group) is 1. The van der Waals surface area contributed by atoms with E-state index in [-0.39, 0.29) is 11.7 Å². The molecule has 0 saturated carbocycles. The van der Waals surface area contributed by atoms with Crippen molar-refractivity contribution in [2.45, 2.75) is 5.16 Å². The molecule has 9 heteroatoms. The fourth-order valence-electron chi connectivity index (χ4n) is 2.51. The minimum absolute atomic E-state index is 0.00306. The van der Waals surface area contributed by atoms with Gasteiger partial charge >= 0.3 is 0 Å². The summed E-state index contributed by atoms with van der Waals surface area (Å²) in [6, 6.07) is 15.1. The topological polar surface area (TPSA) is 60.2 Å². The average molecular weight is 496 g/mol. The number of aromatic nitrogens is 3. The molecule has 1 amide bonds. The summed E-state index contributed by atoms with van der Waals surface area (Å²) in [5, 5.41) is 9.68. The van der Waals surface area contributed by atoms with Crippen LogP contribution in [0.25, 0.3) is 11.4 Å². The van der Waals surface area contributed by atoms with Crippen LogP contribution in [0.3, 0.4) is 0 Å². The molecule has 1 aromatic heterocycles. The molecule has 0 aliphatic rings. The highest BCUT2D eigenvalue weighted by atomic mass is 79.9. The number of halogens is 2. The molecular weight excluding hydrogens is 476 g/mol. The Hall–Kier alpha value is -2.03. The van der Waals surface area contributed by atoms with E-state index in [9.17, 15) is 4.79 Å². The normalized spacial score (nSPS) is 10.8. The minimum atomic E-state index is -0.00306. The van der Waals surface area contributed by atoms with E-state index in [0.717, 1.165) is 15.8 Å². The van der Waals surface area contributed by atoms with Gasteiger partial charge in [-0.2, -0.15) is 0 Å². The van der Waals surface area contributed by atoms with Crippen LogP contribution >= 0.6 is 39.3 Å². The van der Waals surface area contributed by atoms with Gasteiger partial charge in [0.25, 0.3) is 0 Å². The summed E-state index contributed by atoms with van der Waals surface area (Å²) >= 11 is 11.0. The molecule has 0 radical (unpaired) electrons. The summed E-state index contributed by atoms with van der Waals surface area (Å²) in [4.78, 5) is 14.1. The molecule has 0 fully saturated rings. The van der Waals surface area contributed by atoms with Gasteiger partial charge in [-0.15, -0.1) is 10.2 Å². The van der Waals surface area contributed by atoms with Gasteiger partial charge in [0.1, 0.15) is 12.4 Å². The standard InChI is InChI=1S/C20H20BrClN4O2S/c1-25(11-12-28-15-9-7-14(21)8-10-15)18(27)13-29-20-24-23-19(26(20)2)16-5-3-4-6-17(16)22/h3-10H,11-13H2,1-2H3. The Labute approximate surface area is 187 Å². The van der Waals surface area contributed by atoms with Crippen molar-refractivity contribution in [3.63, 3.8) is 0 Å². The minimum Gasteiger partial charge on any atom is -0.492 e. The maximum atomic E-state index is 12.4. The number of amides is 1. The van der Waals surface area contributed by atoms with Crippen molar-refractivity contribution < 1.29 is 9.53 Å². The molecule has 0 saturated heterocycles. The van der Waals surface area contributed by atoms with Gasteiger partial charge in [0.15, 0.2) is 11.0 Å². The maximum absolute atomic E-state index is 12.4. The SMILES string of the molecule is CN(CCOc1ccc(Br)cc1)C(=O)CSc1nnc(-c2ccccc2Cl)n1C. The number of hydrogen-bond donors (Lipinski definition) is 0. The van der Waals surface area contributed by atoms with Crippen LogP contribution in [0.15, 0.2) is 58.2 Å². The summed E-state index contributed by atoms with van der Waals surface area (Å²) in [5.74, 6) is 1.71. The van der Waals surface area contributed by atoms with Gasteiger partial charge in [0.05, 0.1) is 17.3 Å². The van der Waals surface area contributed by atoms with Crippen LogP contribution < -0.4 is 4.74 Å². The second-order valence-electron chi connectivity index (χ2n) is 6.25. The third-order valence-electron chi connectivity index (χ3n) is 4.21. The van der Waals surface area contributed by atoms with E-state index in [2.05, 4.69) is 26.1 Å². The van der Waals surface area contributed by atoms with Gasteiger partial charge in [-0.25, -0.2) is 0 Å². The molecule has 3 rings (SSSR count). The third kappa shape index (κ3) is 5.74. The van der Waals surface area contributed by atoms with Crippen LogP contribution in [-0.4, -0.2) is 51.5 Å². The number of thioether (sulfide) groups is 1. The molecule has 29 heavy (non-hydrogen) atoms. The van der Waals surface area contributed by atoms with Crippen LogP contribution in [0.5, 0.6) is 5.75 Å². The van der Waals surface area contributed by atoms with Crippen molar-refractivity contribution in [2.75, 3.05) is 26.0 Å². The predicted molar refractivity (Wildman–Crippen MR) is 119 cm³/mol. The Kier molecular flexibility index (Phi) is 7.57. The number of ether oxygens (including phenoxy) is 1. The van der Waals surface area contributed by atoms with Crippen molar-refractivity contribution in [1.82, 2.24) is 19.7 Å². The highest BCUT2D eigenvalue weighted by Gasteiger charge is 2.16. The molecular formula is C20H20BrClN4O2S. The highest BCUT2D eigenvalue weighted by molar-refractivity contribution is 9.10. The zero-order chi connectivity index (χ0) is 20.8. The zero-order valence-electron chi connectivity index (χ0n) is 16.0. The average Bonchev–Trinajstić information content (AvgIpc) is 3.08. The monoisotopic (exact) mass is 494 g/mol. The molecule has 0 aliphatic heterocycles. The summed E-state index contributed by atoms with van der Waals surface area (Å²) < 4.78 is 8.51. The fourth-order valence-corrected chi connectivity index (χ4v) is 3.85. The number of carbonyl (C=O) groups excluding carboxylic acids is 1. The lowest BCUT2D eigenvalue weighted by atomic mass is 10.2. The first kappa shape index (κ1) is 21.7. The number of benzene rings is 2. The molecule has 0 atom stereocenters. The molecule has 0 aliphatic carbocycles. The van der Waals surface area contributed by atoms with E-state index in [1.54, 1.807) is 11.9 Å². The van der Waals surface area contributed by atoms with Crippen LogP contribution in [0, 0.1) is 0 Å². The Morgan fingerprint density at radius 2 is 1.93 bits per heavy atom. The first-order valence-electron chi connectivity index (χ1n) is 8.85. The number of carbonyl (C=O) groups is 1. The van der Waals surface area contributed by atoms with E-state index in [4.69, 9.17) is 16.3 Å². The van der Waals surface area contributed by atoms with E-state index in [1.807, 2.05) is 60.1 Å². The Morgan fingerprint density at radius 1 is 1.21 bits per heavy atom. The van der Waals surface area contributed by atoms with E-state index < -0.39 is 0 Å². The van der Waals surface area contributed by atoms with E-state index in [0.29, 0.717) is 29.2 Å². The summed E-state index contributed by atoms with van der Waals surface area (Å²) in [5.41, 5.74) is 0.810. The molecule has 2 aromatic carbocycles. The van der Waals surface area contributed by atoms with Crippen LogP contribution in [-0.2, 0) is 11.8 Å². The summed E-state index contributed by atoms with van der Waals surface area (Å²) in [7, 11) is 3.63. The lowest BCUT2D eigenvalue weighted by Crippen LogP contribution is -2.32. The molecule has 6 nitrogen and oxygen atoms in total. The van der Waals surface area contributed by atoms with Crippen molar-refractivity contribution in [3.05, 3.63) is 58.0 Å². The molecule has 0 spiro atoms. The lowest BCUT2D eigenvalue weighted by Gasteiger charge is -2.17. The highest BCUT2D eigenvalue weighted by Crippen LogP contribution is 2.28. The zero-order valence-corrected chi connectivity index (χ0v) is 19.2. The Morgan fingerprint density at radius 3 is 2.66 bits per heavy atom. The second kappa shape index (κ2) is 10.1. The summed E-state index contributed by atoms with van der Waals surface area (Å²) in [6.45, 7) is 0.925. The van der Waals surface area contributed by atoms with Gasteiger partial charge in [-0.3, -0.25) is 4.79 Å².